The van der Waals surface area contributed by atoms with Crippen molar-refractivity contribution >= 4 is 35.6 Å². The van der Waals surface area contributed by atoms with Gasteiger partial charge in [0.1, 0.15) is 23.9 Å². The Morgan fingerprint density at radius 1 is 0.897 bits per heavy atom. The van der Waals surface area contributed by atoms with Crippen LogP contribution in [0.5, 0.6) is 5.75 Å². The summed E-state index contributed by atoms with van der Waals surface area (Å²) in [6, 6.07) is 0.837. The topological polar surface area (TPSA) is 278 Å². The van der Waals surface area contributed by atoms with Crippen molar-refractivity contribution in [3.05, 3.63) is 29.8 Å². The molecule has 4 atom stereocenters. The number of rotatable bonds is 16. The molecule has 0 radical (unpaired) electrons. The van der Waals surface area contributed by atoms with Crippen LogP contribution in [0.15, 0.2) is 29.3 Å². The lowest BCUT2D eigenvalue weighted by Gasteiger charge is -2.27. The Labute approximate surface area is 225 Å². The molecule has 15 heteroatoms. The van der Waals surface area contributed by atoms with Crippen LogP contribution in [0.25, 0.3) is 0 Å². The molecular formula is C24H38N8O7. The second-order valence-corrected chi connectivity index (χ2v) is 9.29. The highest BCUT2D eigenvalue weighted by atomic mass is 16.4. The first-order valence-corrected chi connectivity index (χ1v) is 12.2. The van der Waals surface area contributed by atoms with E-state index in [9.17, 15) is 34.2 Å². The fourth-order valence-corrected chi connectivity index (χ4v) is 3.46. The van der Waals surface area contributed by atoms with Crippen molar-refractivity contribution in [2.24, 2.45) is 33.8 Å². The highest BCUT2D eigenvalue weighted by Crippen LogP contribution is 2.13. The highest BCUT2D eigenvalue weighted by Gasteiger charge is 2.32. The molecule has 39 heavy (non-hydrogen) atoms. The van der Waals surface area contributed by atoms with Crippen LogP contribution in [0.1, 0.15) is 38.7 Å². The van der Waals surface area contributed by atoms with Crippen molar-refractivity contribution in [2.45, 2.75) is 63.7 Å². The largest absolute Gasteiger partial charge is 0.508 e. The van der Waals surface area contributed by atoms with Gasteiger partial charge in [-0.15, -0.1) is 0 Å². The lowest BCUT2D eigenvalue weighted by atomic mass is 10.00. The van der Waals surface area contributed by atoms with Crippen molar-refractivity contribution in [3.8, 4) is 5.75 Å². The maximum absolute atomic E-state index is 13.2. The summed E-state index contributed by atoms with van der Waals surface area (Å²) in [6.45, 7) is 3.63. The lowest BCUT2D eigenvalue weighted by molar-refractivity contribution is -0.143. The van der Waals surface area contributed by atoms with E-state index in [1.807, 2.05) is 0 Å². The minimum atomic E-state index is -1.62. The predicted molar refractivity (Wildman–Crippen MR) is 142 cm³/mol. The molecule has 0 heterocycles. The fraction of sp³-hybridized carbons (Fsp3) is 0.500. The third kappa shape index (κ3) is 12.1. The molecule has 0 fully saturated rings. The van der Waals surface area contributed by atoms with Crippen molar-refractivity contribution in [1.82, 2.24) is 16.0 Å². The number of amides is 4. The number of nitrogens with zero attached hydrogens (tertiary/aromatic N) is 1. The van der Waals surface area contributed by atoms with Gasteiger partial charge in [0, 0.05) is 13.0 Å². The molecule has 4 amide bonds. The number of carbonyl (C=O) groups excluding carboxylic acids is 4. The number of guanidine groups is 1. The van der Waals surface area contributed by atoms with Crippen molar-refractivity contribution in [3.63, 3.8) is 0 Å². The number of nitrogens with one attached hydrogen (secondary N) is 3. The van der Waals surface area contributed by atoms with E-state index in [4.69, 9.17) is 22.9 Å². The summed E-state index contributed by atoms with van der Waals surface area (Å²) in [5.74, 6) is -5.16. The van der Waals surface area contributed by atoms with E-state index >= 15 is 0 Å². The minimum absolute atomic E-state index is 0.0200. The number of phenols is 1. The monoisotopic (exact) mass is 550 g/mol. The van der Waals surface area contributed by atoms with Gasteiger partial charge in [-0.2, -0.15) is 0 Å². The number of aromatic hydroxyl groups is 1. The van der Waals surface area contributed by atoms with Crippen molar-refractivity contribution < 1.29 is 34.2 Å². The summed E-state index contributed by atoms with van der Waals surface area (Å²) in [7, 11) is 0. The zero-order valence-corrected chi connectivity index (χ0v) is 21.9. The highest BCUT2D eigenvalue weighted by molar-refractivity contribution is 5.95. The second kappa shape index (κ2) is 15.8. The minimum Gasteiger partial charge on any atom is -0.508 e. The number of nitrogens with two attached hydrogens (primary N) is 4. The summed E-state index contributed by atoms with van der Waals surface area (Å²) >= 11 is 0. The van der Waals surface area contributed by atoms with Gasteiger partial charge >= 0.3 is 5.97 Å². The van der Waals surface area contributed by atoms with Gasteiger partial charge in [-0.05, 0) is 36.5 Å². The standard InChI is InChI=1S/C24H38N8O7/c1-12(2)19(32-20(35)15(25)4-3-9-29-24(27)28)22(37)30-16(10-13-5-7-14(33)8-6-13)21(36)31-17(23(38)39)11-18(26)34/h5-8,12,15-17,19,33H,3-4,9-11,25H2,1-2H3,(H2,26,34)(H,30,37)(H,31,36)(H,32,35)(H,38,39)(H4,27,28,29). The average Bonchev–Trinajstić information content (AvgIpc) is 2.84. The SMILES string of the molecule is CC(C)C(NC(=O)C(N)CCCN=C(N)N)C(=O)NC(Cc1ccc(O)cc1)C(=O)NC(CC(N)=O)C(=O)O. The van der Waals surface area contributed by atoms with Crippen LogP contribution in [-0.4, -0.2) is 76.5 Å². The van der Waals surface area contributed by atoms with E-state index in [-0.39, 0.29) is 31.1 Å². The molecule has 216 valence electrons. The van der Waals surface area contributed by atoms with Crippen molar-refractivity contribution in [2.75, 3.05) is 6.54 Å². The lowest BCUT2D eigenvalue weighted by Crippen LogP contribution is -2.59. The van der Waals surface area contributed by atoms with Gasteiger partial charge in [0.25, 0.3) is 0 Å². The molecule has 0 spiro atoms. The summed E-state index contributed by atoms with van der Waals surface area (Å²) in [5, 5.41) is 26.2. The molecule has 0 aliphatic heterocycles. The van der Waals surface area contributed by atoms with Gasteiger partial charge in [-0.3, -0.25) is 24.2 Å². The summed E-state index contributed by atoms with van der Waals surface area (Å²) in [5.41, 5.74) is 22.1. The zero-order chi connectivity index (χ0) is 29.7. The number of hydrogen-bond acceptors (Lipinski definition) is 8. The number of carbonyl (C=O) groups is 5. The number of benzene rings is 1. The molecule has 1 rings (SSSR count). The first-order valence-electron chi connectivity index (χ1n) is 12.2. The van der Waals surface area contributed by atoms with E-state index in [0.29, 0.717) is 12.0 Å². The fourth-order valence-electron chi connectivity index (χ4n) is 3.46. The molecule has 0 saturated carbocycles. The Morgan fingerprint density at radius 3 is 2.00 bits per heavy atom. The van der Waals surface area contributed by atoms with E-state index in [1.54, 1.807) is 13.8 Å². The molecule has 0 aliphatic rings. The van der Waals surface area contributed by atoms with Crippen LogP contribution < -0.4 is 38.9 Å². The molecule has 15 nitrogen and oxygen atoms in total. The van der Waals surface area contributed by atoms with Crippen molar-refractivity contribution in [1.29, 1.82) is 0 Å². The summed E-state index contributed by atoms with van der Waals surface area (Å²) in [4.78, 5) is 65.5. The first kappa shape index (κ1) is 32.6. The van der Waals surface area contributed by atoms with Crippen LogP contribution in [0.3, 0.4) is 0 Å². The van der Waals surface area contributed by atoms with Gasteiger partial charge < -0.3 is 49.1 Å². The number of aliphatic carboxylic acids is 1. The second-order valence-electron chi connectivity index (χ2n) is 9.29. The van der Waals surface area contributed by atoms with E-state index in [2.05, 4.69) is 20.9 Å². The van der Waals surface area contributed by atoms with Gasteiger partial charge in [-0.1, -0.05) is 26.0 Å². The molecule has 13 N–H and O–H groups in total. The Hall–Kier alpha value is -4.40. The zero-order valence-electron chi connectivity index (χ0n) is 21.9. The first-order chi connectivity index (χ1) is 18.2. The molecule has 1 aromatic carbocycles. The normalized spacial score (nSPS) is 13.8. The maximum atomic E-state index is 13.2. The summed E-state index contributed by atoms with van der Waals surface area (Å²) < 4.78 is 0. The smallest absolute Gasteiger partial charge is 0.326 e. The molecular weight excluding hydrogens is 512 g/mol. The quantitative estimate of drug-likeness (QED) is 0.0587. The molecule has 0 bridgehead atoms. The predicted octanol–water partition coefficient (Wildman–Crippen LogP) is -2.61. The Balaban J connectivity index is 3.05. The molecule has 4 unspecified atom stereocenters. The maximum Gasteiger partial charge on any atom is 0.326 e. The van der Waals surface area contributed by atoms with Gasteiger partial charge in [-0.25, -0.2) is 4.79 Å². The Morgan fingerprint density at radius 2 is 1.49 bits per heavy atom. The Kier molecular flexibility index (Phi) is 13.2. The molecule has 0 aliphatic carbocycles. The summed E-state index contributed by atoms with van der Waals surface area (Å²) in [6.07, 6.45) is -0.0795. The number of aliphatic imine (C=N–C) groups is 1. The third-order valence-corrected chi connectivity index (χ3v) is 5.58. The molecule has 0 aromatic heterocycles. The average molecular weight is 551 g/mol. The van der Waals surface area contributed by atoms with Crippen LogP contribution >= 0.6 is 0 Å². The van der Waals surface area contributed by atoms with Gasteiger partial charge in [0.2, 0.25) is 23.6 Å². The number of carboxylic acids is 1. The van der Waals surface area contributed by atoms with Crippen LogP contribution in [0, 0.1) is 5.92 Å². The van der Waals surface area contributed by atoms with E-state index in [1.165, 1.54) is 24.3 Å². The van der Waals surface area contributed by atoms with Gasteiger partial charge in [0.05, 0.1) is 12.5 Å². The van der Waals surface area contributed by atoms with Gasteiger partial charge in [0.15, 0.2) is 5.96 Å². The van der Waals surface area contributed by atoms with Crippen LogP contribution in [0.2, 0.25) is 0 Å². The molecule has 1 aromatic rings. The number of primary amides is 1. The number of carboxylic acid groups (broad SMARTS) is 1. The van der Waals surface area contributed by atoms with E-state index in [0.717, 1.165) is 0 Å². The van der Waals surface area contributed by atoms with Crippen LogP contribution in [0.4, 0.5) is 0 Å². The Bertz CT molecular complexity index is 1040. The third-order valence-electron chi connectivity index (χ3n) is 5.58. The number of phenolic OH excluding ortho intramolecular Hbond substituents is 1. The van der Waals surface area contributed by atoms with E-state index < -0.39 is 66.1 Å². The number of hydrogen-bond donors (Lipinski definition) is 9. The van der Waals surface area contributed by atoms with Crippen LogP contribution in [-0.2, 0) is 30.4 Å². The molecule has 0 saturated heterocycles.